The summed E-state index contributed by atoms with van der Waals surface area (Å²) in [5.41, 5.74) is 3.01. The largest absolute Gasteiger partial charge is 0.512 e. The summed E-state index contributed by atoms with van der Waals surface area (Å²) in [4.78, 5) is 30.9. The molecule has 29 heavy (non-hydrogen) atoms. The van der Waals surface area contributed by atoms with Gasteiger partial charge in [0.25, 0.3) is 0 Å². The minimum Gasteiger partial charge on any atom is -0.449 e. The van der Waals surface area contributed by atoms with E-state index in [2.05, 4.69) is 28.3 Å². The summed E-state index contributed by atoms with van der Waals surface area (Å²) in [7, 11) is 2.07. The number of amides is 2. The molecular weight excluding hydrogens is 372 g/mol. The molecule has 2 aromatic rings. The van der Waals surface area contributed by atoms with Gasteiger partial charge in [-0.05, 0) is 45.4 Å². The van der Waals surface area contributed by atoms with Crippen LogP contribution in [-0.4, -0.2) is 70.8 Å². The Kier molecular flexibility index (Phi) is 5.12. The molecule has 0 bridgehead atoms. The molecular formula is C21H28N4O4. The number of rotatable bonds is 4. The van der Waals surface area contributed by atoms with Crippen LogP contribution in [0.15, 0.2) is 18.2 Å². The van der Waals surface area contributed by atoms with Gasteiger partial charge in [-0.1, -0.05) is 12.1 Å². The second-order valence-corrected chi connectivity index (χ2v) is 7.94. The molecule has 2 amide bonds. The van der Waals surface area contributed by atoms with E-state index < -0.39 is 6.16 Å². The van der Waals surface area contributed by atoms with Crippen LogP contribution in [0.3, 0.4) is 0 Å². The molecule has 1 aromatic carbocycles. The van der Waals surface area contributed by atoms with Crippen LogP contribution in [0.5, 0.6) is 5.88 Å². The van der Waals surface area contributed by atoms with Crippen LogP contribution in [0.1, 0.15) is 37.3 Å². The highest BCUT2D eigenvalue weighted by atomic mass is 16.7. The van der Waals surface area contributed by atoms with E-state index in [-0.39, 0.29) is 24.0 Å². The molecule has 3 atom stereocenters. The maximum atomic E-state index is 12.6. The lowest BCUT2D eigenvalue weighted by Crippen LogP contribution is -2.56. The number of carboxylic acid groups (broad SMARTS) is 1. The summed E-state index contributed by atoms with van der Waals surface area (Å²) in [5.74, 6) is 0.587. The van der Waals surface area contributed by atoms with E-state index in [0.29, 0.717) is 19.0 Å². The molecule has 0 saturated carbocycles. The first-order chi connectivity index (χ1) is 13.9. The normalized spacial score (nSPS) is 23.5. The van der Waals surface area contributed by atoms with E-state index in [1.165, 1.54) is 5.56 Å². The average molecular weight is 400 g/mol. The molecule has 2 aliphatic rings. The van der Waals surface area contributed by atoms with Crippen molar-refractivity contribution in [2.24, 2.45) is 0 Å². The van der Waals surface area contributed by atoms with Gasteiger partial charge in [0, 0.05) is 54.1 Å². The van der Waals surface area contributed by atoms with E-state index >= 15 is 0 Å². The first-order valence-electron chi connectivity index (χ1n) is 10.2. The lowest BCUT2D eigenvalue weighted by atomic mass is 9.74. The third-order valence-electron chi connectivity index (χ3n) is 6.38. The Labute approximate surface area is 169 Å². The first-order valence-corrected chi connectivity index (χ1v) is 10.2. The van der Waals surface area contributed by atoms with Crippen LogP contribution >= 0.6 is 0 Å². The van der Waals surface area contributed by atoms with Gasteiger partial charge < -0.3 is 29.9 Å². The zero-order valence-corrected chi connectivity index (χ0v) is 17.1. The number of carbonyl (C=O) groups excluding carboxylic acids is 1. The van der Waals surface area contributed by atoms with Crippen molar-refractivity contribution < 1.29 is 19.4 Å². The van der Waals surface area contributed by atoms with Gasteiger partial charge in [0.05, 0.1) is 0 Å². The Balaban J connectivity index is 1.65. The highest BCUT2D eigenvalue weighted by Crippen LogP contribution is 2.45. The number of hydrogen-bond acceptors (Lipinski definition) is 4. The number of benzene rings is 1. The lowest BCUT2D eigenvalue weighted by molar-refractivity contribution is 0.122. The highest BCUT2D eigenvalue weighted by molar-refractivity contribution is 5.91. The fourth-order valence-corrected chi connectivity index (χ4v) is 5.05. The molecule has 1 aliphatic carbocycles. The third-order valence-corrected chi connectivity index (χ3v) is 6.38. The van der Waals surface area contributed by atoms with Crippen LogP contribution in [0.4, 0.5) is 9.59 Å². The number of carbonyl (C=O) groups is 2. The smallest absolute Gasteiger partial charge is 0.449 e. The summed E-state index contributed by atoms with van der Waals surface area (Å²) in [6, 6.07) is 6.34. The molecule has 0 radical (unpaired) electrons. The van der Waals surface area contributed by atoms with E-state index in [1.807, 2.05) is 26.0 Å². The van der Waals surface area contributed by atoms with Crippen LogP contribution < -0.4 is 10.1 Å². The van der Waals surface area contributed by atoms with Crippen molar-refractivity contribution in [3.63, 3.8) is 0 Å². The van der Waals surface area contributed by atoms with E-state index in [0.717, 1.165) is 35.9 Å². The second-order valence-electron chi connectivity index (χ2n) is 7.94. The van der Waals surface area contributed by atoms with E-state index in [9.17, 15) is 9.59 Å². The number of urea groups is 1. The number of H-pyrrole nitrogens is 1. The van der Waals surface area contributed by atoms with Crippen molar-refractivity contribution in [3.8, 4) is 5.88 Å². The number of nitrogens with one attached hydrogen (secondary N) is 2. The molecule has 8 heteroatoms. The number of aromatic amines is 1. The van der Waals surface area contributed by atoms with Crippen molar-refractivity contribution >= 4 is 23.1 Å². The van der Waals surface area contributed by atoms with E-state index in [4.69, 9.17) is 9.84 Å². The summed E-state index contributed by atoms with van der Waals surface area (Å²) < 4.78 is 5.03. The van der Waals surface area contributed by atoms with Gasteiger partial charge >= 0.3 is 12.2 Å². The minimum absolute atomic E-state index is 0.0136. The van der Waals surface area contributed by atoms with Crippen molar-refractivity contribution in [1.29, 1.82) is 0 Å². The van der Waals surface area contributed by atoms with Gasteiger partial charge in [-0.15, -0.1) is 0 Å². The van der Waals surface area contributed by atoms with Gasteiger partial charge in [-0.2, -0.15) is 0 Å². The molecule has 8 nitrogen and oxygen atoms in total. The topological polar surface area (TPSA) is 97.9 Å². The number of fused-ring (bicyclic) bond motifs is 2. The van der Waals surface area contributed by atoms with Crippen LogP contribution in [-0.2, 0) is 6.42 Å². The zero-order valence-electron chi connectivity index (χ0n) is 17.1. The van der Waals surface area contributed by atoms with E-state index in [1.54, 1.807) is 4.90 Å². The number of hydrogen-bond donors (Lipinski definition) is 3. The quantitative estimate of drug-likeness (QED) is 0.686. The van der Waals surface area contributed by atoms with Crippen molar-refractivity contribution in [1.82, 2.24) is 20.1 Å². The first kappa shape index (κ1) is 19.6. The zero-order chi connectivity index (χ0) is 20.7. The lowest BCUT2D eigenvalue weighted by Gasteiger charge is -2.45. The molecule has 0 spiro atoms. The number of nitrogens with zero attached hydrogens (tertiary/aromatic N) is 2. The fraction of sp³-hybridized carbons (Fsp3) is 0.524. The van der Waals surface area contributed by atoms with Crippen LogP contribution in [0.25, 0.3) is 10.9 Å². The third kappa shape index (κ3) is 3.42. The molecule has 1 saturated heterocycles. The standard InChI is InChI=1S/C21H28N4O4/c1-4-25(5-2)20(26)22-12-9-14-13-7-6-8-16-18(13)15(10-17(14)24(3)11-12)19(23-16)29-21(27)28/h6-8,12,14,17,23H,4-5,9-11H2,1-3H3,(H,22,26)(H,27,28)/t12-,14?,17+/m0/s1. The van der Waals surface area contributed by atoms with Gasteiger partial charge in [-0.3, -0.25) is 0 Å². The molecule has 3 N–H and O–H groups in total. The Morgan fingerprint density at radius 3 is 2.79 bits per heavy atom. The monoisotopic (exact) mass is 400 g/mol. The van der Waals surface area contributed by atoms with Crippen molar-refractivity contribution in [2.75, 3.05) is 26.7 Å². The molecule has 1 fully saturated rings. The number of piperidine rings is 1. The van der Waals surface area contributed by atoms with Gasteiger partial charge in [0.15, 0.2) is 0 Å². The van der Waals surface area contributed by atoms with Gasteiger partial charge in [0.2, 0.25) is 5.88 Å². The van der Waals surface area contributed by atoms with Crippen LogP contribution in [0.2, 0.25) is 0 Å². The summed E-state index contributed by atoms with van der Waals surface area (Å²) in [6.07, 6.45) is 0.269. The minimum atomic E-state index is -1.31. The Morgan fingerprint density at radius 1 is 1.34 bits per heavy atom. The SMILES string of the molecule is CCN(CC)C(=O)N[C@H]1CC2c3cccc4[nH]c(OC(=O)O)c(c34)C[C@H]2N(C)C1. The number of aromatic nitrogens is 1. The average Bonchev–Trinajstić information content (AvgIpc) is 3.01. The molecule has 4 rings (SSSR count). The number of likely N-dealkylation sites (N-methyl/N-ethyl adjacent to an activating group) is 1. The Morgan fingerprint density at radius 2 is 2.10 bits per heavy atom. The van der Waals surface area contributed by atoms with Gasteiger partial charge in [0.1, 0.15) is 0 Å². The summed E-state index contributed by atoms with van der Waals surface area (Å²) in [6.45, 7) is 6.11. The fourth-order valence-electron chi connectivity index (χ4n) is 5.05. The van der Waals surface area contributed by atoms with Crippen molar-refractivity contribution in [2.45, 2.75) is 44.7 Å². The molecule has 1 unspecified atom stereocenters. The highest BCUT2D eigenvalue weighted by Gasteiger charge is 2.41. The van der Waals surface area contributed by atoms with Crippen LogP contribution in [0, 0.1) is 0 Å². The summed E-state index contributed by atoms with van der Waals surface area (Å²) in [5, 5.41) is 13.4. The maximum absolute atomic E-state index is 12.6. The molecule has 1 aliphatic heterocycles. The Bertz CT molecular complexity index is 936. The van der Waals surface area contributed by atoms with Gasteiger partial charge in [-0.25, -0.2) is 9.59 Å². The number of likely N-dealkylation sites (tertiary alicyclic amines) is 1. The molecule has 1 aromatic heterocycles. The molecule has 156 valence electrons. The predicted octanol–water partition coefficient (Wildman–Crippen LogP) is 2.99. The summed E-state index contributed by atoms with van der Waals surface area (Å²) >= 11 is 0. The second kappa shape index (κ2) is 7.59. The van der Waals surface area contributed by atoms with Crippen molar-refractivity contribution in [3.05, 3.63) is 29.3 Å². The Hall–Kier alpha value is -2.74. The maximum Gasteiger partial charge on any atom is 0.512 e. The predicted molar refractivity (Wildman–Crippen MR) is 110 cm³/mol. The molecule has 2 heterocycles. The number of ether oxygens (including phenoxy) is 1.